The van der Waals surface area contributed by atoms with Crippen molar-refractivity contribution in [2.75, 3.05) is 0 Å². The average molecular weight is 254 g/mol. The zero-order valence-corrected chi connectivity index (χ0v) is 10.1. The van der Waals surface area contributed by atoms with Crippen LogP contribution in [0.4, 0.5) is 0 Å². The maximum atomic E-state index is 11.9. The van der Waals surface area contributed by atoms with E-state index in [9.17, 15) is 14.4 Å². The molecule has 6 nitrogen and oxygen atoms in total. The Morgan fingerprint density at radius 2 is 1.94 bits per heavy atom. The van der Waals surface area contributed by atoms with Crippen LogP contribution in [-0.4, -0.2) is 35.0 Å². The molecule has 0 radical (unpaired) electrons. The number of carbonyl (C=O) groups excluding carboxylic acids is 2. The molecular weight excluding hydrogens is 236 g/mol. The van der Waals surface area contributed by atoms with Crippen molar-refractivity contribution in [2.24, 2.45) is 5.92 Å². The third-order valence-corrected chi connectivity index (χ3v) is 3.72. The number of nitrogens with one attached hydrogen (secondary N) is 2. The molecule has 1 aliphatic heterocycles. The van der Waals surface area contributed by atoms with Crippen molar-refractivity contribution in [2.45, 2.75) is 50.6 Å². The first-order chi connectivity index (χ1) is 8.58. The Labute approximate surface area is 105 Å². The van der Waals surface area contributed by atoms with Gasteiger partial charge in [-0.3, -0.25) is 14.4 Å². The van der Waals surface area contributed by atoms with Crippen LogP contribution in [0.1, 0.15) is 38.5 Å². The quantitative estimate of drug-likeness (QED) is 0.662. The molecule has 2 fully saturated rings. The number of amides is 2. The number of aliphatic carboxylic acids is 1. The second-order valence-corrected chi connectivity index (χ2v) is 5.00. The van der Waals surface area contributed by atoms with E-state index in [4.69, 9.17) is 5.11 Å². The van der Waals surface area contributed by atoms with Crippen molar-refractivity contribution in [3.8, 4) is 0 Å². The van der Waals surface area contributed by atoms with Crippen LogP contribution in [0, 0.1) is 5.92 Å². The van der Waals surface area contributed by atoms with Crippen molar-refractivity contribution >= 4 is 17.8 Å². The molecule has 18 heavy (non-hydrogen) atoms. The van der Waals surface area contributed by atoms with Gasteiger partial charge in [-0.05, 0) is 19.3 Å². The fourth-order valence-corrected chi connectivity index (χ4v) is 2.69. The Morgan fingerprint density at radius 3 is 2.56 bits per heavy atom. The van der Waals surface area contributed by atoms with Crippen molar-refractivity contribution in [1.29, 1.82) is 0 Å². The summed E-state index contributed by atoms with van der Waals surface area (Å²) in [7, 11) is 0. The standard InChI is InChI=1S/C12H18N2O4/c15-10-6-5-9(13-10)11(16)14-8-4-2-1-3-7(8)12(17)18/h7-9H,1-6H2,(H,13,15)(H,14,16)(H,17,18)/t7?,8?,9-/m1/s1. The maximum Gasteiger partial charge on any atom is 0.308 e. The van der Waals surface area contributed by atoms with E-state index in [1.807, 2.05) is 0 Å². The first kappa shape index (κ1) is 12.9. The van der Waals surface area contributed by atoms with Crippen molar-refractivity contribution in [1.82, 2.24) is 10.6 Å². The van der Waals surface area contributed by atoms with E-state index in [2.05, 4.69) is 10.6 Å². The number of hydrogen-bond donors (Lipinski definition) is 3. The number of rotatable bonds is 3. The topological polar surface area (TPSA) is 95.5 Å². The minimum atomic E-state index is -0.851. The highest BCUT2D eigenvalue weighted by Gasteiger charge is 2.34. The summed E-state index contributed by atoms with van der Waals surface area (Å²) in [6, 6.07) is -0.796. The highest BCUT2D eigenvalue weighted by atomic mass is 16.4. The predicted molar refractivity (Wildman–Crippen MR) is 62.7 cm³/mol. The smallest absolute Gasteiger partial charge is 0.308 e. The van der Waals surface area contributed by atoms with Crippen LogP contribution in [0.25, 0.3) is 0 Å². The second kappa shape index (κ2) is 5.37. The predicted octanol–water partition coefficient (Wildman–Crippen LogP) is 0.0246. The fourth-order valence-electron chi connectivity index (χ4n) is 2.69. The molecule has 1 heterocycles. The third kappa shape index (κ3) is 2.80. The molecule has 0 bridgehead atoms. The largest absolute Gasteiger partial charge is 0.481 e. The zero-order chi connectivity index (χ0) is 13.1. The Morgan fingerprint density at radius 1 is 1.22 bits per heavy atom. The zero-order valence-electron chi connectivity index (χ0n) is 10.1. The summed E-state index contributed by atoms with van der Waals surface area (Å²) in [6.07, 6.45) is 4.00. The molecular formula is C12H18N2O4. The third-order valence-electron chi connectivity index (χ3n) is 3.72. The van der Waals surface area contributed by atoms with E-state index in [0.717, 1.165) is 12.8 Å². The molecule has 2 amide bonds. The van der Waals surface area contributed by atoms with Gasteiger partial charge in [0.05, 0.1) is 5.92 Å². The normalized spacial score (nSPS) is 31.8. The molecule has 3 N–H and O–H groups in total. The lowest BCUT2D eigenvalue weighted by Crippen LogP contribution is -2.50. The summed E-state index contributed by atoms with van der Waals surface area (Å²) >= 11 is 0. The molecule has 2 unspecified atom stereocenters. The number of carbonyl (C=O) groups is 3. The first-order valence-corrected chi connectivity index (χ1v) is 6.40. The molecule has 100 valence electrons. The minimum Gasteiger partial charge on any atom is -0.481 e. The Bertz CT molecular complexity index is 369. The van der Waals surface area contributed by atoms with E-state index in [-0.39, 0.29) is 17.9 Å². The van der Waals surface area contributed by atoms with Gasteiger partial charge in [0.1, 0.15) is 6.04 Å². The van der Waals surface area contributed by atoms with Crippen LogP contribution in [0.2, 0.25) is 0 Å². The molecule has 1 saturated carbocycles. The molecule has 2 aliphatic rings. The minimum absolute atomic E-state index is 0.117. The van der Waals surface area contributed by atoms with Gasteiger partial charge in [0.15, 0.2) is 0 Å². The number of carboxylic acids is 1. The molecule has 0 aromatic rings. The Hall–Kier alpha value is -1.59. The van der Waals surface area contributed by atoms with Crippen LogP contribution < -0.4 is 10.6 Å². The summed E-state index contributed by atoms with van der Waals surface area (Å²) in [5, 5.41) is 14.5. The van der Waals surface area contributed by atoms with Gasteiger partial charge in [0.2, 0.25) is 11.8 Å². The first-order valence-electron chi connectivity index (χ1n) is 6.40. The molecule has 3 atom stereocenters. The average Bonchev–Trinajstić information content (AvgIpc) is 2.76. The lowest BCUT2D eigenvalue weighted by molar-refractivity contribution is -0.144. The molecule has 0 aromatic heterocycles. The molecule has 0 aromatic carbocycles. The monoisotopic (exact) mass is 254 g/mol. The van der Waals surface area contributed by atoms with Crippen LogP contribution in [-0.2, 0) is 14.4 Å². The fraction of sp³-hybridized carbons (Fsp3) is 0.750. The van der Waals surface area contributed by atoms with Crippen LogP contribution in [0.5, 0.6) is 0 Å². The van der Waals surface area contributed by atoms with Gasteiger partial charge in [-0.1, -0.05) is 12.8 Å². The van der Waals surface area contributed by atoms with Gasteiger partial charge in [-0.25, -0.2) is 0 Å². The molecule has 1 saturated heterocycles. The van der Waals surface area contributed by atoms with Gasteiger partial charge in [0.25, 0.3) is 0 Å². The van der Waals surface area contributed by atoms with E-state index < -0.39 is 17.9 Å². The molecule has 6 heteroatoms. The van der Waals surface area contributed by atoms with Crippen molar-refractivity contribution in [3.05, 3.63) is 0 Å². The molecule has 1 aliphatic carbocycles. The van der Waals surface area contributed by atoms with Gasteiger partial charge in [-0.2, -0.15) is 0 Å². The van der Waals surface area contributed by atoms with Crippen LogP contribution in [0.15, 0.2) is 0 Å². The van der Waals surface area contributed by atoms with E-state index >= 15 is 0 Å². The van der Waals surface area contributed by atoms with Gasteiger partial charge < -0.3 is 15.7 Å². The second-order valence-electron chi connectivity index (χ2n) is 5.00. The van der Waals surface area contributed by atoms with Crippen molar-refractivity contribution in [3.63, 3.8) is 0 Å². The van der Waals surface area contributed by atoms with E-state index in [1.165, 1.54) is 0 Å². The maximum absolute atomic E-state index is 11.9. The molecule has 0 spiro atoms. The van der Waals surface area contributed by atoms with Crippen LogP contribution >= 0.6 is 0 Å². The Balaban J connectivity index is 1.92. The summed E-state index contributed by atoms with van der Waals surface area (Å²) < 4.78 is 0. The Kier molecular flexibility index (Phi) is 3.84. The van der Waals surface area contributed by atoms with Gasteiger partial charge >= 0.3 is 5.97 Å². The highest BCUT2D eigenvalue weighted by molar-refractivity contribution is 5.91. The summed E-state index contributed by atoms with van der Waals surface area (Å²) in [4.78, 5) is 34.0. The van der Waals surface area contributed by atoms with Crippen molar-refractivity contribution < 1.29 is 19.5 Å². The van der Waals surface area contributed by atoms with E-state index in [0.29, 0.717) is 25.7 Å². The highest BCUT2D eigenvalue weighted by Crippen LogP contribution is 2.25. The van der Waals surface area contributed by atoms with Gasteiger partial charge in [-0.15, -0.1) is 0 Å². The summed E-state index contributed by atoms with van der Waals surface area (Å²) in [5.41, 5.74) is 0. The van der Waals surface area contributed by atoms with Gasteiger partial charge in [0, 0.05) is 12.5 Å². The summed E-state index contributed by atoms with van der Waals surface area (Å²) in [5.74, 6) is -1.72. The number of hydrogen-bond acceptors (Lipinski definition) is 3. The van der Waals surface area contributed by atoms with E-state index in [1.54, 1.807) is 0 Å². The lowest BCUT2D eigenvalue weighted by Gasteiger charge is -2.30. The SMILES string of the molecule is O=C1CC[C@H](C(=O)NC2CCCCC2C(=O)O)N1. The lowest BCUT2D eigenvalue weighted by atomic mass is 9.84. The van der Waals surface area contributed by atoms with Crippen LogP contribution in [0.3, 0.4) is 0 Å². The number of carboxylic acid groups (broad SMARTS) is 1. The summed E-state index contributed by atoms with van der Waals surface area (Å²) in [6.45, 7) is 0. The molecule has 2 rings (SSSR count).